The van der Waals surface area contributed by atoms with Gasteiger partial charge < -0.3 is 24.7 Å². The molecule has 0 atom stereocenters. The Morgan fingerprint density at radius 1 is 1.00 bits per heavy atom. The van der Waals surface area contributed by atoms with Gasteiger partial charge in [-0.2, -0.15) is 0 Å². The van der Waals surface area contributed by atoms with Crippen molar-refractivity contribution in [3.63, 3.8) is 0 Å². The summed E-state index contributed by atoms with van der Waals surface area (Å²) in [7, 11) is 1.73. The number of hydrogen-bond acceptors (Lipinski definition) is 3. The number of aliphatic hydroxyl groups excluding tert-OH is 1. The third kappa shape index (κ3) is 4.08. The van der Waals surface area contributed by atoms with Gasteiger partial charge in [-0.1, -0.05) is 6.07 Å². The second-order valence-electron chi connectivity index (χ2n) is 8.73. The summed E-state index contributed by atoms with van der Waals surface area (Å²) in [5.74, 6) is 1.54. The fraction of sp³-hybridized carbons (Fsp3) is 0.385. The summed E-state index contributed by atoms with van der Waals surface area (Å²) in [6.45, 7) is 3.55. The number of nitrogens with zero attached hydrogens (tertiary/aromatic N) is 1. The van der Waals surface area contributed by atoms with Crippen LogP contribution >= 0.6 is 0 Å². The first-order valence-corrected chi connectivity index (χ1v) is 11.3. The van der Waals surface area contributed by atoms with Gasteiger partial charge in [0.05, 0.1) is 13.7 Å². The van der Waals surface area contributed by atoms with Crippen LogP contribution in [0.5, 0.6) is 5.75 Å². The maximum Gasteiger partial charge on any atom is 0.119 e. The van der Waals surface area contributed by atoms with Crippen molar-refractivity contribution >= 4 is 21.8 Å². The molecule has 0 saturated carbocycles. The van der Waals surface area contributed by atoms with Crippen molar-refractivity contribution in [2.45, 2.75) is 38.2 Å². The zero-order valence-corrected chi connectivity index (χ0v) is 18.2. The van der Waals surface area contributed by atoms with Crippen LogP contribution in [0.25, 0.3) is 21.8 Å². The van der Waals surface area contributed by atoms with Crippen LogP contribution in [-0.2, 0) is 13.0 Å². The van der Waals surface area contributed by atoms with E-state index in [0.717, 1.165) is 49.3 Å². The van der Waals surface area contributed by atoms with Crippen LogP contribution in [0.2, 0.25) is 0 Å². The minimum Gasteiger partial charge on any atom is -0.497 e. The SMILES string of the molecule is COc1ccc2[nH]cc(C3CCN(CCCc4c[nH]c5ccc(CO)cc45)CC3)c2c1. The van der Waals surface area contributed by atoms with E-state index in [1.165, 1.54) is 40.3 Å². The summed E-state index contributed by atoms with van der Waals surface area (Å²) in [6, 6.07) is 12.5. The first-order chi connectivity index (χ1) is 15.2. The van der Waals surface area contributed by atoms with Gasteiger partial charge in [-0.15, -0.1) is 0 Å². The van der Waals surface area contributed by atoms with Crippen LogP contribution in [0.15, 0.2) is 48.8 Å². The normalized spacial score (nSPS) is 15.8. The summed E-state index contributed by atoms with van der Waals surface area (Å²) < 4.78 is 5.43. The molecular weight excluding hydrogens is 386 g/mol. The van der Waals surface area contributed by atoms with Crippen molar-refractivity contribution in [2.24, 2.45) is 0 Å². The van der Waals surface area contributed by atoms with Gasteiger partial charge in [0.2, 0.25) is 0 Å². The van der Waals surface area contributed by atoms with Crippen LogP contribution < -0.4 is 4.74 Å². The number of aromatic nitrogens is 2. The molecule has 4 aromatic rings. The number of aryl methyl sites for hydroxylation is 1. The van der Waals surface area contributed by atoms with Crippen LogP contribution in [0.1, 0.15) is 41.9 Å². The Balaban J connectivity index is 1.17. The number of hydrogen-bond donors (Lipinski definition) is 3. The van der Waals surface area contributed by atoms with E-state index >= 15 is 0 Å². The van der Waals surface area contributed by atoms with Gasteiger partial charge >= 0.3 is 0 Å². The lowest BCUT2D eigenvalue weighted by Crippen LogP contribution is -2.33. The molecule has 2 aromatic carbocycles. The molecule has 5 nitrogen and oxygen atoms in total. The summed E-state index contributed by atoms with van der Waals surface area (Å²) in [5.41, 5.74) is 6.12. The van der Waals surface area contributed by atoms with E-state index < -0.39 is 0 Å². The highest BCUT2D eigenvalue weighted by atomic mass is 16.5. The first-order valence-electron chi connectivity index (χ1n) is 11.3. The third-order valence-corrected chi connectivity index (χ3v) is 6.88. The molecule has 1 saturated heterocycles. The van der Waals surface area contributed by atoms with Crippen molar-refractivity contribution in [3.8, 4) is 5.75 Å². The molecule has 0 radical (unpaired) electrons. The molecule has 162 valence electrons. The van der Waals surface area contributed by atoms with Gasteiger partial charge in [0.15, 0.2) is 0 Å². The number of ether oxygens (including phenoxy) is 1. The number of fused-ring (bicyclic) bond motifs is 2. The van der Waals surface area contributed by atoms with Gasteiger partial charge in [-0.25, -0.2) is 0 Å². The fourth-order valence-corrected chi connectivity index (χ4v) is 5.08. The topological polar surface area (TPSA) is 64.3 Å². The Bertz CT molecular complexity index is 1170. The molecule has 0 spiro atoms. The van der Waals surface area contributed by atoms with E-state index in [4.69, 9.17) is 4.74 Å². The van der Waals surface area contributed by atoms with E-state index in [0.29, 0.717) is 5.92 Å². The highest BCUT2D eigenvalue weighted by Gasteiger charge is 2.22. The monoisotopic (exact) mass is 417 g/mol. The second-order valence-corrected chi connectivity index (χ2v) is 8.73. The van der Waals surface area contributed by atoms with Crippen molar-refractivity contribution < 1.29 is 9.84 Å². The summed E-state index contributed by atoms with van der Waals surface area (Å²) in [4.78, 5) is 9.41. The minimum absolute atomic E-state index is 0.0959. The maximum absolute atomic E-state index is 9.42. The number of rotatable bonds is 7. The molecular formula is C26H31N3O2. The molecule has 1 fully saturated rings. The minimum atomic E-state index is 0.0959. The Morgan fingerprint density at radius 3 is 2.58 bits per heavy atom. The van der Waals surface area contributed by atoms with Crippen molar-refractivity contribution in [2.75, 3.05) is 26.7 Å². The maximum atomic E-state index is 9.42. The molecule has 31 heavy (non-hydrogen) atoms. The quantitative estimate of drug-likeness (QED) is 0.398. The summed E-state index contributed by atoms with van der Waals surface area (Å²) in [5, 5.41) is 12.0. The zero-order valence-electron chi connectivity index (χ0n) is 18.2. The highest BCUT2D eigenvalue weighted by Crippen LogP contribution is 2.34. The molecule has 0 amide bonds. The van der Waals surface area contributed by atoms with E-state index in [2.05, 4.69) is 51.5 Å². The number of likely N-dealkylation sites (tertiary alicyclic amines) is 1. The van der Waals surface area contributed by atoms with E-state index in [-0.39, 0.29) is 6.61 Å². The Labute approximate surface area is 183 Å². The second kappa shape index (κ2) is 8.77. The molecule has 0 unspecified atom stereocenters. The number of benzene rings is 2. The lowest BCUT2D eigenvalue weighted by molar-refractivity contribution is 0.211. The Morgan fingerprint density at radius 2 is 1.77 bits per heavy atom. The van der Waals surface area contributed by atoms with Crippen molar-refractivity contribution in [1.82, 2.24) is 14.9 Å². The van der Waals surface area contributed by atoms with Crippen molar-refractivity contribution in [1.29, 1.82) is 0 Å². The summed E-state index contributed by atoms with van der Waals surface area (Å²) in [6.07, 6.45) is 8.96. The van der Waals surface area contributed by atoms with E-state index in [1.54, 1.807) is 7.11 Å². The molecule has 3 heterocycles. The number of aliphatic hydroxyl groups is 1. The predicted octanol–water partition coefficient (Wildman–Crippen LogP) is 4.96. The molecule has 0 bridgehead atoms. The molecule has 1 aliphatic heterocycles. The van der Waals surface area contributed by atoms with Gasteiger partial charge in [0.25, 0.3) is 0 Å². The largest absolute Gasteiger partial charge is 0.497 e. The molecule has 0 aliphatic carbocycles. The number of aromatic amines is 2. The van der Waals surface area contributed by atoms with Gasteiger partial charge in [-0.05, 0) is 98.3 Å². The van der Waals surface area contributed by atoms with Crippen LogP contribution in [-0.4, -0.2) is 46.7 Å². The molecule has 2 aromatic heterocycles. The van der Waals surface area contributed by atoms with Gasteiger partial charge in [-0.3, -0.25) is 0 Å². The standard InChI is InChI=1S/C26H31N3O2/c1-31-21-5-7-26-23(14-21)24(16-28-26)19-8-11-29(12-9-19)10-2-3-20-15-27-25-6-4-18(17-30)13-22(20)25/h4-7,13-16,19,27-28,30H,2-3,8-12,17H2,1H3. The number of methoxy groups -OCH3 is 1. The van der Waals surface area contributed by atoms with Crippen LogP contribution in [0.3, 0.4) is 0 Å². The third-order valence-electron chi connectivity index (χ3n) is 6.88. The lowest BCUT2D eigenvalue weighted by atomic mass is 9.89. The Kier molecular flexibility index (Phi) is 5.70. The van der Waals surface area contributed by atoms with Gasteiger partial charge in [0, 0.05) is 34.2 Å². The van der Waals surface area contributed by atoms with E-state index in [1.807, 2.05) is 12.1 Å². The predicted molar refractivity (Wildman–Crippen MR) is 126 cm³/mol. The number of piperidine rings is 1. The zero-order chi connectivity index (χ0) is 21.2. The highest BCUT2D eigenvalue weighted by molar-refractivity contribution is 5.85. The number of H-pyrrole nitrogens is 2. The molecule has 5 rings (SSSR count). The smallest absolute Gasteiger partial charge is 0.119 e. The van der Waals surface area contributed by atoms with Gasteiger partial charge in [0.1, 0.15) is 5.75 Å². The molecule has 5 heteroatoms. The molecule has 3 N–H and O–H groups in total. The van der Waals surface area contributed by atoms with E-state index in [9.17, 15) is 5.11 Å². The fourth-order valence-electron chi connectivity index (χ4n) is 5.08. The average Bonchev–Trinajstić information content (AvgIpc) is 3.43. The average molecular weight is 418 g/mol. The summed E-state index contributed by atoms with van der Waals surface area (Å²) >= 11 is 0. The van der Waals surface area contributed by atoms with Crippen LogP contribution in [0, 0.1) is 0 Å². The lowest BCUT2D eigenvalue weighted by Gasteiger charge is -2.32. The van der Waals surface area contributed by atoms with Crippen molar-refractivity contribution in [3.05, 3.63) is 65.5 Å². The number of nitrogens with one attached hydrogen (secondary N) is 2. The van der Waals surface area contributed by atoms with Crippen LogP contribution in [0.4, 0.5) is 0 Å². The molecule has 1 aliphatic rings. The first kappa shape index (κ1) is 20.2. The Hall–Kier alpha value is -2.76.